The van der Waals surface area contributed by atoms with Crippen LogP contribution >= 0.6 is 0 Å². The van der Waals surface area contributed by atoms with Gasteiger partial charge in [-0.15, -0.1) is 0 Å². The number of nitrogens with one attached hydrogen (secondary N) is 1. The Morgan fingerprint density at radius 1 is 1.30 bits per heavy atom. The summed E-state index contributed by atoms with van der Waals surface area (Å²) >= 11 is 0. The Balaban J connectivity index is 2.13. The number of hydrogen-bond acceptors (Lipinski definition) is 2. The van der Waals surface area contributed by atoms with Gasteiger partial charge >= 0.3 is 0 Å². The van der Waals surface area contributed by atoms with Crippen molar-refractivity contribution in [1.82, 2.24) is 4.90 Å². The highest BCUT2D eigenvalue weighted by molar-refractivity contribution is 5.95. The second-order valence-corrected chi connectivity index (χ2v) is 6.21. The molecule has 1 aliphatic rings. The summed E-state index contributed by atoms with van der Waals surface area (Å²) in [6.45, 7) is 4.35. The van der Waals surface area contributed by atoms with E-state index in [2.05, 4.69) is 19.2 Å². The second kappa shape index (κ2) is 6.29. The van der Waals surface area contributed by atoms with Gasteiger partial charge in [-0.25, -0.2) is 0 Å². The fourth-order valence-electron chi connectivity index (χ4n) is 2.99. The molecule has 110 valence electrons. The van der Waals surface area contributed by atoms with Crippen molar-refractivity contribution in [1.29, 1.82) is 0 Å². The van der Waals surface area contributed by atoms with Gasteiger partial charge in [0.05, 0.1) is 0 Å². The SMILES string of the molecule is Cc1ccc(C(=O)N(C)C)cc1NC(C)C1CCCC1. The van der Waals surface area contributed by atoms with Crippen molar-refractivity contribution >= 4 is 11.6 Å². The van der Waals surface area contributed by atoms with Crippen LogP contribution in [0.5, 0.6) is 0 Å². The molecule has 0 bridgehead atoms. The summed E-state index contributed by atoms with van der Waals surface area (Å²) < 4.78 is 0. The van der Waals surface area contributed by atoms with Crippen molar-refractivity contribution in [2.24, 2.45) is 5.92 Å². The van der Waals surface area contributed by atoms with Gasteiger partial charge in [-0.05, 0) is 50.3 Å². The Morgan fingerprint density at radius 2 is 1.95 bits per heavy atom. The number of amides is 1. The van der Waals surface area contributed by atoms with Gasteiger partial charge < -0.3 is 10.2 Å². The minimum Gasteiger partial charge on any atom is -0.382 e. The smallest absolute Gasteiger partial charge is 0.253 e. The van der Waals surface area contributed by atoms with Crippen molar-refractivity contribution in [3.63, 3.8) is 0 Å². The van der Waals surface area contributed by atoms with Crippen molar-refractivity contribution in [2.45, 2.75) is 45.6 Å². The summed E-state index contributed by atoms with van der Waals surface area (Å²) in [5, 5.41) is 3.62. The lowest BCUT2D eigenvalue weighted by molar-refractivity contribution is 0.0827. The highest BCUT2D eigenvalue weighted by atomic mass is 16.2. The zero-order chi connectivity index (χ0) is 14.7. The first-order valence-corrected chi connectivity index (χ1v) is 7.58. The highest BCUT2D eigenvalue weighted by Crippen LogP contribution is 2.30. The van der Waals surface area contributed by atoms with E-state index in [9.17, 15) is 4.79 Å². The molecule has 1 aromatic rings. The Hall–Kier alpha value is -1.51. The van der Waals surface area contributed by atoms with Crippen LogP contribution in [0.25, 0.3) is 0 Å². The first-order chi connectivity index (χ1) is 9.49. The number of aryl methyl sites for hydroxylation is 1. The third kappa shape index (κ3) is 3.33. The minimum absolute atomic E-state index is 0.0570. The summed E-state index contributed by atoms with van der Waals surface area (Å²) in [6.07, 6.45) is 5.36. The lowest BCUT2D eigenvalue weighted by Crippen LogP contribution is -2.25. The van der Waals surface area contributed by atoms with Gasteiger partial charge in [-0.3, -0.25) is 4.79 Å². The van der Waals surface area contributed by atoms with Crippen LogP contribution in [0.3, 0.4) is 0 Å². The van der Waals surface area contributed by atoms with Crippen molar-refractivity contribution in [2.75, 3.05) is 19.4 Å². The molecule has 1 saturated carbocycles. The van der Waals surface area contributed by atoms with E-state index in [1.165, 1.54) is 31.2 Å². The van der Waals surface area contributed by atoms with Crippen LogP contribution in [-0.4, -0.2) is 30.9 Å². The summed E-state index contributed by atoms with van der Waals surface area (Å²) in [4.78, 5) is 13.7. The third-order valence-corrected chi connectivity index (χ3v) is 4.38. The molecule has 1 fully saturated rings. The molecule has 0 radical (unpaired) electrons. The van der Waals surface area contributed by atoms with Crippen molar-refractivity contribution in [3.05, 3.63) is 29.3 Å². The predicted molar refractivity (Wildman–Crippen MR) is 84.2 cm³/mol. The molecule has 0 aromatic heterocycles. The lowest BCUT2D eigenvalue weighted by Gasteiger charge is -2.23. The van der Waals surface area contributed by atoms with E-state index in [0.29, 0.717) is 6.04 Å². The van der Waals surface area contributed by atoms with E-state index >= 15 is 0 Å². The quantitative estimate of drug-likeness (QED) is 0.908. The second-order valence-electron chi connectivity index (χ2n) is 6.21. The summed E-state index contributed by atoms with van der Waals surface area (Å²) in [6, 6.07) is 6.40. The molecular weight excluding hydrogens is 248 g/mol. The van der Waals surface area contributed by atoms with Gasteiger partial charge in [-0.2, -0.15) is 0 Å². The molecule has 1 atom stereocenters. The Morgan fingerprint density at radius 3 is 2.55 bits per heavy atom. The van der Waals surface area contributed by atoms with Gasteiger partial charge in [0.1, 0.15) is 0 Å². The van der Waals surface area contributed by atoms with Gasteiger partial charge in [0.15, 0.2) is 0 Å². The van der Waals surface area contributed by atoms with E-state index in [0.717, 1.165) is 17.2 Å². The Bertz CT molecular complexity index is 476. The zero-order valence-corrected chi connectivity index (χ0v) is 13.1. The molecule has 0 spiro atoms. The standard InChI is InChI=1S/C17H26N2O/c1-12-9-10-15(17(20)19(3)4)11-16(12)18-13(2)14-7-5-6-8-14/h9-11,13-14,18H,5-8H2,1-4H3. The average Bonchev–Trinajstić information content (AvgIpc) is 2.94. The van der Waals surface area contributed by atoms with Gasteiger partial charge in [0, 0.05) is 31.4 Å². The van der Waals surface area contributed by atoms with E-state index < -0.39 is 0 Å². The molecule has 0 heterocycles. The maximum absolute atomic E-state index is 12.0. The monoisotopic (exact) mass is 274 g/mol. The number of anilines is 1. The van der Waals surface area contributed by atoms with Crippen LogP contribution in [0.1, 0.15) is 48.5 Å². The molecule has 1 unspecified atom stereocenters. The number of nitrogens with zero attached hydrogens (tertiary/aromatic N) is 1. The normalized spacial score (nSPS) is 17.0. The first kappa shape index (κ1) is 14.9. The summed E-state index contributed by atoms with van der Waals surface area (Å²) in [5.41, 5.74) is 3.05. The van der Waals surface area contributed by atoms with Gasteiger partial charge in [0.2, 0.25) is 0 Å². The summed E-state index contributed by atoms with van der Waals surface area (Å²) in [5.74, 6) is 0.823. The molecule has 1 aliphatic carbocycles. The number of hydrogen-bond donors (Lipinski definition) is 1. The molecule has 1 aromatic carbocycles. The number of carbonyl (C=O) groups is 1. The zero-order valence-electron chi connectivity index (χ0n) is 13.1. The number of rotatable bonds is 4. The van der Waals surface area contributed by atoms with E-state index in [-0.39, 0.29) is 5.91 Å². The fraction of sp³-hybridized carbons (Fsp3) is 0.588. The molecule has 3 heteroatoms. The highest BCUT2D eigenvalue weighted by Gasteiger charge is 2.22. The molecule has 3 nitrogen and oxygen atoms in total. The average molecular weight is 274 g/mol. The topological polar surface area (TPSA) is 32.3 Å². The lowest BCUT2D eigenvalue weighted by atomic mass is 9.98. The van der Waals surface area contributed by atoms with E-state index in [4.69, 9.17) is 0 Å². The molecule has 0 saturated heterocycles. The van der Waals surface area contributed by atoms with Crippen LogP contribution in [0.2, 0.25) is 0 Å². The third-order valence-electron chi connectivity index (χ3n) is 4.38. The first-order valence-electron chi connectivity index (χ1n) is 7.58. The Kier molecular flexibility index (Phi) is 4.69. The molecule has 2 rings (SSSR count). The Labute approximate surface area is 122 Å². The van der Waals surface area contributed by atoms with Crippen LogP contribution in [0.4, 0.5) is 5.69 Å². The molecule has 20 heavy (non-hydrogen) atoms. The van der Waals surface area contributed by atoms with Gasteiger partial charge in [0.25, 0.3) is 5.91 Å². The minimum atomic E-state index is 0.0570. The van der Waals surface area contributed by atoms with Crippen molar-refractivity contribution in [3.8, 4) is 0 Å². The molecular formula is C17H26N2O. The van der Waals surface area contributed by atoms with Gasteiger partial charge in [-0.1, -0.05) is 18.9 Å². The fourth-order valence-corrected chi connectivity index (χ4v) is 2.99. The predicted octanol–water partition coefficient (Wildman–Crippen LogP) is 3.69. The largest absolute Gasteiger partial charge is 0.382 e. The molecule has 1 amide bonds. The molecule has 1 N–H and O–H groups in total. The van der Waals surface area contributed by atoms with E-state index in [1.807, 2.05) is 18.2 Å². The maximum Gasteiger partial charge on any atom is 0.253 e. The number of benzene rings is 1. The summed E-state index contributed by atoms with van der Waals surface area (Å²) in [7, 11) is 3.58. The van der Waals surface area contributed by atoms with E-state index in [1.54, 1.807) is 19.0 Å². The van der Waals surface area contributed by atoms with Crippen LogP contribution < -0.4 is 5.32 Å². The van der Waals surface area contributed by atoms with Crippen LogP contribution in [-0.2, 0) is 0 Å². The van der Waals surface area contributed by atoms with Crippen LogP contribution in [0, 0.1) is 12.8 Å². The van der Waals surface area contributed by atoms with Crippen LogP contribution in [0.15, 0.2) is 18.2 Å². The maximum atomic E-state index is 12.0. The number of carbonyl (C=O) groups excluding carboxylic acids is 1. The molecule has 0 aliphatic heterocycles. The van der Waals surface area contributed by atoms with Crippen molar-refractivity contribution < 1.29 is 4.79 Å².